The van der Waals surface area contributed by atoms with Gasteiger partial charge in [0.25, 0.3) is 0 Å². The van der Waals surface area contributed by atoms with Gasteiger partial charge in [0.2, 0.25) is 0 Å². The minimum absolute atomic E-state index is 0.0740. The van der Waals surface area contributed by atoms with E-state index in [1.54, 1.807) is 24.3 Å². The van der Waals surface area contributed by atoms with Gasteiger partial charge in [-0.3, -0.25) is 0 Å². The van der Waals surface area contributed by atoms with Crippen molar-refractivity contribution in [3.05, 3.63) is 35.9 Å². The van der Waals surface area contributed by atoms with Gasteiger partial charge < -0.3 is 14.6 Å². The first-order chi connectivity index (χ1) is 11.0. The lowest BCUT2D eigenvalue weighted by Gasteiger charge is -2.34. The lowest BCUT2D eigenvalue weighted by molar-refractivity contribution is -0.0902. The van der Waals surface area contributed by atoms with Crippen LogP contribution in [0.4, 0.5) is 0 Å². The van der Waals surface area contributed by atoms with E-state index >= 15 is 0 Å². The Bertz CT molecular complexity index is 493. The van der Waals surface area contributed by atoms with Crippen molar-refractivity contribution in [1.82, 2.24) is 0 Å². The first-order valence-electron chi connectivity index (χ1n) is 8.24. The molecule has 5 atom stereocenters. The maximum absolute atomic E-state index is 12.2. The number of carbonyl (C=O) groups is 1. The molecule has 2 rings (SSSR count). The van der Waals surface area contributed by atoms with Crippen LogP contribution in [0.15, 0.2) is 30.3 Å². The van der Waals surface area contributed by atoms with Crippen molar-refractivity contribution in [1.29, 1.82) is 0 Å². The van der Waals surface area contributed by atoms with Crippen molar-refractivity contribution in [2.24, 2.45) is 0 Å². The Hall–Kier alpha value is -0.910. The number of benzene rings is 1. The van der Waals surface area contributed by atoms with Crippen LogP contribution in [-0.2, 0) is 9.47 Å². The van der Waals surface area contributed by atoms with Crippen LogP contribution >= 0.6 is 15.9 Å². The number of halogens is 1. The van der Waals surface area contributed by atoms with Crippen molar-refractivity contribution >= 4 is 21.9 Å². The molecule has 128 valence electrons. The number of rotatable bonds is 4. The molecule has 5 unspecified atom stereocenters. The van der Waals surface area contributed by atoms with Crippen molar-refractivity contribution in [3.8, 4) is 0 Å². The van der Waals surface area contributed by atoms with Gasteiger partial charge >= 0.3 is 5.97 Å². The Morgan fingerprint density at radius 2 is 2.09 bits per heavy atom. The molecule has 0 amide bonds. The van der Waals surface area contributed by atoms with Gasteiger partial charge in [0.1, 0.15) is 6.10 Å². The predicted molar refractivity (Wildman–Crippen MR) is 92.8 cm³/mol. The highest BCUT2D eigenvalue weighted by atomic mass is 79.9. The quantitative estimate of drug-likeness (QED) is 0.634. The summed E-state index contributed by atoms with van der Waals surface area (Å²) in [6.45, 7) is 4.07. The van der Waals surface area contributed by atoms with E-state index in [9.17, 15) is 9.90 Å². The number of hydrogen-bond donors (Lipinski definition) is 1. The average molecular weight is 385 g/mol. The minimum atomic E-state index is -0.659. The SMILES string of the molecule is CCC(Br)C1CCC(O)C(OC(=O)c2ccccc2)CC(C)O1. The number of alkyl halides is 1. The van der Waals surface area contributed by atoms with E-state index in [-0.39, 0.29) is 17.0 Å². The first-order valence-corrected chi connectivity index (χ1v) is 9.16. The van der Waals surface area contributed by atoms with E-state index in [1.807, 2.05) is 13.0 Å². The third-order valence-electron chi connectivity index (χ3n) is 4.21. The third-order valence-corrected chi connectivity index (χ3v) is 5.45. The Morgan fingerprint density at radius 3 is 2.74 bits per heavy atom. The van der Waals surface area contributed by atoms with E-state index in [1.165, 1.54) is 0 Å². The summed E-state index contributed by atoms with van der Waals surface area (Å²) in [5.41, 5.74) is 0.500. The molecule has 1 fully saturated rings. The smallest absolute Gasteiger partial charge is 0.338 e. The molecular weight excluding hydrogens is 360 g/mol. The summed E-state index contributed by atoms with van der Waals surface area (Å²) in [6.07, 6.45) is 1.59. The molecule has 1 aromatic carbocycles. The molecule has 4 nitrogen and oxygen atoms in total. The second-order valence-corrected chi connectivity index (χ2v) is 7.28. The molecule has 5 heteroatoms. The highest BCUT2D eigenvalue weighted by molar-refractivity contribution is 9.09. The van der Waals surface area contributed by atoms with Crippen LogP contribution in [-0.4, -0.2) is 40.3 Å². The zero-order chi connectivity index (χ0) is 16.8. The summed E-state index contributed by atoms with van der Waals surface area (Å²) in [7, 11) is 0. The topological polar surface area (TPSA) is 55.8 Å². The third kappa shape index (κ3) is 5.30. The van der Waals surface area contributed by atoms with Gasteiger partial charge in [-0.25, -0.2) is 4.79 Å². The Morgan fingerprint density at radius 1 is 1.39 bits per heavy atom. The fourth-order valence-electron chi connectivity index (χ4n) is 2.86. The van der Waals surface area contributed by atoms with Crippen LogP contribution in [0.5, 0.6) is 0 Å². The molecule has 1 saturated heterocycles. The fraction of sp³-hybridized carbons (Fsp3) is 0.611. The summed E-state index contributed by atoms with van der Waals surface area (Å²) in [5.74, 6) is -0.397. The van der Waals surface area contributed by atoms with Gasteiger partial charge in [-0.1, -0.05) is 41.1 Å². The van der Waals surface area contributed by atoms with Crippen molar-refractivity contribution in [3.63, 3.8) is 0 Å². The van der Waals surface area contributed by atoms with E-state index in [0.717, 1.165) is 12.8 Å². The molecule has 0 aromatic heterocycles. The molecule has 0 spiro atoms. The van der Waals surface area contributed by atoms with Gasteiger partial charge in [-0.2, -0.15) is 0 Å². The highest BCUT2D eigenvalue weighted by Crippen LogP contribution is 2.27. The van der Waals surface area contributed by atoms with Crippen LogP contribution in [0, 0.1) is 0 Å². The lowest BCUT2D eigenvalue weighted by atomic mass is 9.97. The second kappa shape index (κ2) is 8.81. The molecule has 23 heavy (non-hydrogen) atoms. The van der Waals surface area contributed by atoms with Crippen LogP contribution < -0.4 is 0 Å². The molecule has 1 N–H and O–H groups in total. The van der Waals surface area contributed by atoms with Gasteiger partial charge in [0.05, 0.1) is 23.9 Å². The second-order valence-electron chi connectivity index (χ2n) is 6.10. The number of aliphatic hydroxyl groups excluding tert-OH is 1. The van der Waals surface area contributed by atoms with Crippen LogP contribution in [0.25, 0.3) is 0 Å². The lowest BCUT2D eigenvalue weighted by Crippen LogP contribution is -2.40. The summed E-state index contributed by atoms with van der Waals surface area (Å²) in [5, 5.41) is 10.4. The monoisotopic (exact) mass is 384 g/mol. The standard InChI is InChI=1S/C18H25BrO4/c1-3-14(19)16-10-9-15(20)17(11-12(2)22-16)23-18(21)13-7-5-4-6-8-13/h4-8,12,14-17,20H,3,9-11H2,1-2H3. The van der Waals surface area contributed by atoms with Crippen LogP contribution in [0.2, 0.25) is 0 Å². The van der Waals surface area contributed by atoms with Gasteiger partial charge in [0, 0.05) is 11.2 Å². The highest BCUT2D eigenvalue weighted by Gasteiger charge is 2.32. The van der Waals surface area contributed by atoms with E-state index < -0.39 is 18.2 Å². The molecule has 1 heterocycles. The van der Waals surface area contributed by atoms with Crippen molar-refractivity contribution < 1.29 is 19.4 Å². The van der Waals surface area contributed by atoms with Crippen LogP contribution in [0.1, 0.15) is 49.9 Å². The minimum Gasteiger partial charge on any atom is -0.456 e. The Balaban J connectivity index is 1.99. The molecular formula is C18H25BrO4. The summed E-state index contributed by atoms with van der Waals surface area (Å²) in [4.78, 5) is 12.5. The zero-order valence-corrected chi connectivity index (χ0v) is 15.2. The van der Waals surface area contributed by atoms with Gasteiger partial charge in [0.15, 0.2) is 0 Å². The molecule has 0 radical (unpaired) electrons. The first kappa shape index (κ1) is 18.4. The summed E-state index contributed by atoms with van der Waals surface area (Å²) >= 11 is 3.64. The number of ether oxygens (including phenoxy) is 2. The molecule has 1 aliphatic rings. The maximum Gasteiger partial charge on any atom is 0.338 e. The Labute approximate surface area is 146 Å². The van der Waals surface area contributed by atoms with Gasteiger partial charge in [-0.05, 0) is 38.3 Å². The van der Waals surface area contributed by atoms with E-state index in [4.69, 9.17) is 9.47 Å². The van der Waals surface area contributed by atoms with Crippen molar-refractivity contribution in [2.75, 3.05) is 0 Å². The fourth-order valence-corrected chi connectivity index (χ4v) is 3.25. The predicted octanol–water partition coefficient (Wildman–Crippen LogP) is 3.70. The summed E-state index contributed by atoms with van der Waals surface area (Å²) in [6, 6.07) is 8.86. The molecule has 1 aromatic rings. The number of esters is 1. The Kier molecular flexibility index (Phi) is 7.06. The summed E-state index contributed by atoms with van der Waals surface area (Å²) < 4.78 is 11.6. The molecule has 1 aliphatic heterocycles. The zero-order valence-electron chi connectivity index (χ0n) is 13.7. The largest absolute Gasteiger partial charge is 0.456 e. The number of hydrogen-bond acceptors (Lipinski definition) is 4. The van der Waals surface area contributed by atoms with Gasteiger partial charge in [-0.15, -0.1) is 0 Å². The molecule has 0 bridgehead atoms. The van der Waals surface area contributed by atoms with Crippen molar-refractivity contribution in [2.45, 2.75) is 68.8 Å². The normalized spacial score (nSPS) is 30.1. The number of carbonyl (C=O) groups excluding carboxylic acids is 1. The molecule has 0 saturated carbocycles. The average Bonchev–Trinajstić information content (AvgIpc) is 2.56. The maximum atomic E-state index is 12.2. The van der Waals surface area contributed by atoms with Crippen LogP contribution in [0.3, 0.4) is 0 Å². The number of aliphatic hydroxyl groups is 1. The van der Waals surface area contributed by atoms with E-state index in [0.29, 0.717) is 18.4 Å². The van der Waals surface area contributed by atoms with E-state index in [2.05, 4.69) is 22.9 Å². The molecule has 0 aliphatic carbocycles.